The fourth-order valence-corrected chi connectivity index (χ4v) is 1.30. The van der Waals surface area contributed by atoms with Crippen LogP contribution < -0.4 is 5.73 Å². The van der Waals surface area contributed by atoms with Crippen LogP contribution in [0.4, 0.5) is 0 Å². The van der Waals surface area contributed by atoms with Gasteiger partial charge < -0.3 is 20.3 Å². The molecule has 0 heterocycles. The molecule has 0 aliphatic heterocycles. The van der Waals surface area contributed by atoms with Gasteiger partial charge in [0.1, 0.15) is 5.78 Å². The second kappa shape index (κ2) is 9.51. The third-order valence-electron chi connectivity index (χ3n) is 2.06. The summed E-state index contributed by atoms with van der Waals surface area (Å²) >= 11 is 0. The lowest BCUT2D eigenvalue weighted by atomic mass is 10.2. The predicted molar refractivity (Wildman–Crippen MR) is 77.9 cm³/mol. The molecule has 3 N–H and O–H groups in total. The predicted octanol–water partition coefficient (Wildman–Crippen LogP) is 1.07. The maximum absolute atomic E-state index is 11.7. The van der Waals surface area contributed by atoms with Gasteiger partial charge in [-0.3, -0.25) is 4.79 Å². The van der Waals surface area contributed by atoms with E-state index in [4.69, 9.17) is 15.2 Å². The van der Waals surface area contributed by atoms with Crippen LogP contribution in [0.3, 0.4) is 0 Å². The average Bonchev–Trinajstić information content (AvgIpc) is 2.36. The molecule has 0 amide bonds. The smallest absolute Gasteiger partial charge is 0.349 e. The Hall–Kier alpha value is -2.38. The number of hydrogen-bond acceptors (Lipinski definition) is 7. The van der Waals surface area contributed by atoms with Crippen molar-refractivity contribution in [2.75, 3.05) is 13.2 Å². The lowest BCUT2D eigenvalue weighted by Crippen LogP contribution is -2.25. The summed E-state index contributed by atoms with van der Waals surface area (Å²) in [4.78, 5) is 22.7. The minimum Gasteiger partial charge on any atom is -0.480 e. The molecule has 0 atom stereocenters. The molecule has 8 nitrogen and oxygen atoms in total. The lowest BCUT2D eigenvalue weighted by Gasteiger charge is -2.08. The molecule has 0 aliphatic rings. The molecule has 0 radical (unpaired) electrons. The lowest BCUT2D eigenvalue weighted by molar-refractivity contribution is -0.138. The van der Waals surface area contributed by atoms with Gasteiger partial charge in [-0.05, 0) is 27.7 Å². The summed E-state index contributed by atoms with van der Waals surface area (Å²) in [6, 6.07) is 0. The number of aliphatic hydroxyl groups excluding tert-OH is 1. The van der Waals surface area contributed by atoms with E-state index in [1.54, 1.807) is 20.8 Å². The molecule has 0 saturated heterocycles. The highest BCUT2D eigenvalue weighted by Gasteiger charge is 2.22. The van der Waals surface area contributed by atoms with E-state index in [0.717, 1.165) is 0 Å². The highest BCUT2D eigenvalue weighted by atomic mass is 16.6. The molecular weight excluding hydrogens is 278 g/mol. The molecular formula is C13H21N3O5. The van der Waals surface area contributed by atoms with E-state index in [-0.39, 0.29) is 31.3 Å². The molecule has 0 aromatic carbocycles. The van der Waals surface area contributed by atoms with E-state index in [1.165, 1.54) is 6.92 Å². The van der Waals surface area contributed by atoms with E-state index in [2.05, 4.69) is 10.2 Å². The number of aliphatic hydroxyl groups is 1. The molecule has 0 saturated carbocycles. The highest BCUT2D eigenvalue weighted by molar-refractivity contribution is 6.18. The number of nitrogens with two attached hydrogens (primary N) is 1. The summed E-state index contributed by atoms with van der Waals surface area (Å²) < 4.78 is 9.60. The zero-order valence-electron chi connectivity index (χ0n) is 12.7. The largest absolute Gasteiger partial charge is 0.480 e. The van der Waals surface area contributed by atoms with Crippen LogP contribution in [0.5, 0.6) is 0 Å². The molecule has 0 aliphatic carbocycles. The first kappa shape index (κ1) is 18.6. The normalized spacial score (nSPS) is 13.5. The van der Waals surface area contributed by atoms with Gasteiger partial charge in [0.15, 0.2) is 11.4 Å². The summed E-state index contributed by atoms with van der Waals surface area (Å²) in [5.74, 6) is -1.99. The Morgan fingerprint density at radius 1 is 1.10 bits per heavy atom. The number of ketones is 1. The van der Waals surface area contributed by atoms with Crippen LogP contribution in [0.15, 0.2) is 21.7 Å². The Morgan fingerprint density at radius 3 is 2.14 bits per heavy atom. The molecule has 0 spiro atoms. The topological polar surface area (TPSA) is 124 Å². The summed E-state index contributed by atoms with van der Waals surface area (Å²) in [6.45, 7) is 6.47. The first-order valence-corrected chi connectivity index (χ1v) is 6.42. The maximum Gasteiger partial charge on any atom is 0.349 e. The van der Waals surface area contributed by atoms with Gasteiger partial charge in [0.25, 0.3) is 5.95 Å². The number of ether oxygens (including phenoxy) is 2. The fraction of sp³-hybridized carbons (Fsp3) is 0.538. The summed E-state index contributed by atoms with van der Waals surface area (Å²) in [7, 11) is 0. The van der Waals surface area contributed by atoms with Crippen molar-refractivity contribution in [1.82, 2.24) is 0 Å². The van der Waals surface area contributed by atoms with Crippen molar-refractivity contribution < 1.29 is 24.2 Å². The van der Waals surface area contributed by atoms with Gasteiger partial charge in [0, 0.05) is 12.1 Å². The molecule has 8 heteroatoms. The average molecular weight is 299 g/mol. The SMILES string of the molecule is CCOC(=O)C(/C(N)=N/N=C(/C)CC(C)=O)=C(/O)OCC. The summed E-state index contributed by atoms with van der Waals surface area (Å²) in [6.07, 6.45) is 0.118. The number of hydrogen-bond donors (Lipinski definition) is 2. The van der Waals surface area contributed by atoms with Crippen LogP contribution in [0.2, 0.25) is 0 Å². The first-order chi connectivity index (χ1) is 9.83. The molecule has 0 aromatic rings. The molecule has 0 fully saturated rings. The molecule has 0 bridgehead atoms. The quantitative estimate of drug-likeness (QED) is 0.172. The van der Waals surface area contributed by atoms with Crippen LogP contribution in [0.25, 0.3) is 0 Å². The van der Waals surface area contributed by atoms with Gasteiger partial charge in [0.2, 0.25) is 0 Å². The zero-order chi connectivity index (χ0) is 16.4. The van der Waals surface area contributed by atoms with Crippen molar-refractivity contribution in [2.24, 2.45) is 15.9 Å². The minimum absolute atomic E-state index is 0.0802. The zero-order valence-corrected chi connectivity index (χ0v) is 12.7. The van der Waals surface area contributed by atoms with Gasteiger partial charge in [-0.2, -0.15) is 5.10 Å². The Kier molecular flexibility index (Phi) is 8.43. The number of rotatable bonds is 8. The van der Waals surface area contributed by atoms with Gasteiger partial charge in [-0.1, -0.05) is 0 Å². The Bertz CT molecular complexity index is 480. The number of Topliss-reactive ketones (excluding diaryl/α,β-unsaturated/α-hetero) is 1. The Morgan fingerprint density at radius 2 is 1.67 bits per heavy atom. The summed E-state index contributed by atoms with van der Waals surface area (Å²) in [5, 5.41) is 17.0. The minimum atomic E-state index is -0.871. The third-order valence-corrected chi connectivity index (χ3v) is 2.06. The van der Waals surface area contributed by atoms with Crippen molar-refractivity contribution in [2.45, 2.75) is 34.1 Å². The molecule has 118 valence electrons. The van der Waals surface area contributed by atoms with E-state index in [0.29, 0.717) is 5.71 Å². The van der Waals surface area contributed by atoms with E-state index in [9.17, 15) is 14.7 Å². The van der Waals surface area contributed by atoms with Crippen LogP contribution in [-0.2, 0) is 19.1 Å². The van der Waals surface area contributed by atoms with E-state index < -0.39 is 17.5 Å². The Labute approximate surface area is 123 Å². The second-order valence-corrected chi connectivity index (χ2v) is 4.03. The first-order valence-electron chi connectivity index (χ1n) is 6.42. The molecule has 21 heavy (non-hydrogen) atoms. The van der Waals surface area contributed by atoms with Crippen molar-refractivity contribution in [3.63, 3.8) is 0 Å². The highest BCUT2D eigenvalue weighted by Crippen LogP contribution is 2.07. The van der Waals surface area contributed by atoms with Gasteiger partial charge >= 0.3 is 5.97 Å². The van der Waals surface area contributed by atoms with Gasteiger partial charge in [0.05, 0.1) is 13.2 Å². The molecule has 0 aromatic heterocycles. The maximum atomic E-state index is 11.7. The van der Waals surface area contributed by atoms with Crippen LogP contribution in [-0.4, -0.2) is 41.6 Å². The van der Waals surface area contributed by atoms with Crippen molar-refractivity contribution in [3.8, 4) is 0 Å². The summed E-state index contributed by atoms with van der Waals surface area (Å²) in [5.41, 5.74) is 5.64. The van der Waals surface area contributed by atoms with Crippen LogP contribution in [0.1, 0.15) is 34.1 Å². The Balaban J connectivity index is 5.39. The number of carbonyl (C=O) groups is 2. The number of esters is 1. The van der Waals surface area contributed by atoms with Crippen molar-refractivity contribution in [3.05, 3.63) is 11.5 Å². The van der Waals surface area contributed by atoms with Crippen molar-refractivity contribution in [1.29, 1.82) is 0 Å². The number of nitrogens with zero attached hydrogens (tertiary/aromatic N) is 2. The monoisotopic (exact) mass is 299 g/mol. The van der Waals surface area contributed by atoms with E-state index in [1.807, 2.05) is 0 Å². The van der Waals surface area contributed by atoms with Gasteiger partial charge in [-0.15, -0.1) is 5.10 Å². The number of carbonyl (C=O) groups excluding carboxylic acids is 2. The standard InChI is InChI=1S/C13H21N3O5/c1-5-20-12(18)10(13(19)21-6-2)11(14)16-15-8(3)7-9(4)17/h18H,5-7H2,1-4H3,(H2,14,16)/b12-10-,15-8-. The fourth-order valence-electron chi connectivity index (χ4n) is 1.30. The van der Waals surface area contributed by atoms with Crippen LogP contribution in [0, 0.1) is 0 Å². The van der Waals surface area contributed by atoms with E-state index >= 15 is 0 Å². The van der Waals surface area contributed by atoms with Gasteiger partial charge in [-0.25, -0.2) is 4.79 Å². The van der Waals surface area contributed by atoms with Crippen molar-refractivity contribution >= 4 is 23.3 Å². The third kappa shape index (κ3) is 7.09. The molecule has 0 rings (SSSR count). The number of amidine groups is 1. The second-order valence-electron chi connectivity index (χ2n) is 4.03. The molecule has 0 unspecified atom stereocenters. The van der Waals surface area contributed by atoms with Crippen LogP contribution >= 0.6 is 0 Å².